The van der Waals surface area contributed by atoms with Crippen LogP contribution in [0.2, 0.25) is 0 Å². The van der Waals surface area contributed by atoms with E-state index >= 15 is 0 Å². The highest BCUT2D eigenvalue weighted by molar-refractivity contribution is 7.91. The van der Waals surface area contributed by atoms with Gasteiger partial charge in [-0.1, -0.05) is 13.0 Å². The van der Waals surface area contributed by atoms with Gasteiger partial charge in [-0.2, -0.15) is 13.2 Å². The molecule has 0 bridgehead atoms. The lowest BCUT2D eigenvalue weighted by molar-refractivity contribution is -0.144. The summed E-state index contributed by atoms with van der Waals surface area (Å²) in [6.45, 7) is 1.33. The van der Waals surface area contributed by atoms with E-state index in [2.05, 4.69) is 4.74 Å². The number of hydrogen-bond acceptors (Lipinski definition) is 4. The van der Waals surface area contributed by atoms with E-state index in [-0.39, 0.29) is 0 Å². The highest BCUT2D eigenvalue weighted by Crippen LogP contribution is 2.30. The van der Waals surface area contributed by atoms with Gasteiger partial charge in [0.2, 0.25) is 0 Å². The molecule has 20 heavy (non-hydrogen) atoms. The molecule has 0 spiro atoms. The fourth-order valence-electron chi connectivity index (χ4n) is 1.56. The van der Waals surface area contributed by atoms with Crippen molar-refractivity contribution in [2.45, 2.75) is 18.0 Å². The second-order valence-electron chi connectivity index (χ2n) is 4.23. The fraction of sp³-hybridized carbons (Fsp3) is 0.417. The van der Waals surface area contributed by atoms with Gasteiger partial charge < -0.3 is 4.74 Å². The molecule has 1 atom stereocenters. The minimum absolute atomic E-state index is 0.469. The molecule has 0 aromatic heterocycles. The van der Waals surface area contributed by atoms with Crippen LogP contribution in [0, 0.1) is 5.92 Å². The van der Waals surface area contributed by atoms with Crippen molar-refractivity contribution in [2.24, 2.45) is 5.92 Å². The van der Waals surface area contributed by atoms with Gasteiger partial charge >= 0.3 is 12.1 Å². The Morgan fingerprint density at radius 2 is 1.95 bits per heavy atom. The summed E-state index contributed by atoms with van der Waals surface area (Å²) in [6, 6.07) is 3.41. The van der Waals surface area contributed by atoms with E-state index in [1.807, 2.05) is 0 Å². The van der Waals surface area contributed by atoms with E-state index in [1.54, 1.807) is 0 Å². The zero-order chi connectivity index (χ0) is 15.6. The third-order valence-electron chi connectivity index (χ3n) is 2.59. The summed E-state index contributed by atoms with van der Waals surface area (Å²) in [6.07, 6.45) is -4.63. The number of ether oxygens (including phenoxy) is 1. The summed E-state index contributed by atoms with van der Waals surface area (Å²) in [5.41, 5.74) is -1.05. The third-order valence-corrected chi connectivity index (χ3v) is 4.50. The SMILES string of the molecule is COC(=O)C(C)CS(=O)(=O)c1cccc(C(F)(F)F)c1. The minimum atomic E-state index is -4.63. The van der Waals surface area contributed by atoms with E-state index in [1.165, 1.54) is 6.92 Å². The Labute approximate surface area is 114 Å². The Kier molecular flexibility index (Phi) is 4.80. The summed E-state index contributed by atoms with van der Waals surface area (Å²) >= 11 is 0. The molecule has 0 aliphatic rings. The number of halogens is 3. The molecule has 8 heteroatoms. The van der Waals surface area contributed by atoms with Crippen LogP contribution >= 0.6 is 0 Å². The molecule has 0 aliphatic heterocycles. The summed E-state index contributed by atoms with van der Waals surface area (Å²) in [5, 5.41) is 0. The van der Waals surface area contributed by atoms with Crippen LogP contribution in [0.5, 0.6) is 0 Å². The topological polar surface area (TPSA) is 60.4 Å². The van der Waals surface area contributed by atoms with Crippen molar-refractivity contribution < 1.29 is 31.1 Å². The highest BCUT2D eigenvalue weighted by atomic mass is 32.2. The average molecular weight is 310 g/mol. The van der Waals surface area contributed by atoms with Gasteiger partial charge in [0.15, 0.2) is 9.84 Å². The standard InChI is InChI=1S/C12H13F3O4S/c1-8(11(16)19-2)7-20(17,18)10-5-3-4-9(6-10)12(13,14)15/h3-6,8H,7H2,1-2H3. The van der Waals surface area contributed by atoms with E-state index < -0.39 is 44.1 Å². The van der Waals surface area contributed by atoms with E-state index in [4.69, 9.17) is 0 Å². The molecule has 4 nitrogen and oxygen atoms in total. The molecule has 0 fully saturated rings. The van der Waals surface area contributed by atoms with Gasteiger partial charge in [-0.05, 0) is 18.2 Å². The number of carbonyl (C=O) groups excluding carboxylic acids is 1. The molecule has 1 unspecified atom stereocenters. The molecule has 0 radical (unpaired) electrons. The Morgan fingerprint density at radius 3 is 2.45 bits per heavy atom. The largest absolute Gasteiger partial charge is 0.469 e. The summed E-state index contributed by atoms with van der Waals surface area (Å²) in [4.78, 5) is 10.7. The van der Waals surface area contributed by atoms with Crippen LogP contribution in [0.4, 0.5) is 13.2 Å². The molecule has 0 amide bonds. The van der Waals surface area contributed by atoms with Gasteiger partial charge in [-0.25, -0.2) is 8.42 Å². The van der Waals surface area contributed by atoms with Crippen LogP contribution in [0.3, 0.4) is 0 Å². The lowest BCUT2D eigenvalue weighted by atomic mass is 10.2. The number of esters is 1. The average Bonchev–Trinajstić information content (AvgIpc) is 2.36. The quantitative estimate of drug-likeness (QED) is 0.801. The van der Waals surface area contributed by atoms with E-state index in [0.717, 1.165) is 25.3 Å². The normalized spacial score (nSPS) is 13.8. The van der Waals surface area contributed by atoms with Crippen LogP contribution in [0.1, 0.15) is 12.5 Å². The predicted octanol–water partition coefficient (Wildman–Crippen LogP) is 2.29. The van der Waals surface area contributed by atoms with Crippen LogP contribution in [0.15, 0.2) is 29.2 Å². The Balaban J connectivity index is 3.08. The first kappa shape index (κ1) is 16.5. The van der Waals surface area contributed by atoms with Crippen molar-refractivity contribution in [1.29, 1.82) is 0 Å². The smallest absolute Gasteiger partial charge is 0.416 e. The number of hydrogen-bond donors (Lipinski definition) is 0. The lowest BCUT2D eigenvalue weighted by Gasteiger charge is -2.12. The van der Waals surface area contributed by atoms with Gasteiger partial charge in [0.25, 0.3) is 0 Å². The zero-order valence-electron chi connectivity index (χ0n) is 10.8. The van der Waals surface area contributed by atoms with Crippen LogP contribution in [-0.2, 0) is 25.5 Å². The molecule has 1 aromatic rings. The number of sulfone groups is 1. The number of methoxy groups -OCH3 is 1. The summed E-state index contributed by atoms with van der Waals surface area (Å²) in [7, 11) is -2.89. The van der Waals surface area contributed by atoms with Gasteiger partial charge in [0.1, 0.15) is 0 Å². The molecule has 1 aromatic carbocycles. The third kappa shape index (κ3) is 3.96. The molecule has 112 valence electrons. The maximum atomic E-state index is 12.5. The van der Waals surface area contributed by atoms with Crippen molar-refractivity contribution in [3.63, 3.8) is 0 Å². The molecule has 0 saturated heterocycles. The Morgan fingerprint density at radius 1 is 1.35 bits per heavy atom. The predicted molar refractivity (Wildman–Crippen MR) is 64.7 cm³/mol. The highest BCUT2D eigenvalue weighted by Gasteiger charge is 2.32. The summed E-state index contributed by atoms with van der Waals surface area (Å²) in [5.74, 6) is -2.30. The molecule has 1 rings (SSSR count). The Bertz CT molecular complexity index is 593. The molecule has 0 N–H and O–H groups in total. The molecule has 0 heterocycles. The first-order valence-corrected chi connectivity index (χ1v) is 7.21. The minimum Gasteiger partial charge on any atom is -0.469 e. The Hall–Kier alpha value is -1.57. The van der Waals surface area contributed by atoms with Crippen molar-refractivity contribution in [2.75, 3.05) is 12.9 Å². The number of rotatable bonds is 4. The number of alkyl halides is 3. The van der Waals surface area contributed by atoms with Crippen LogP contribution in [0.25, 0.3) is 0 Å². The second-order valence-corrected chi connectivity index (χ2v) is 6.27. The van der Waals surface area contributed by atoms with E-state index in [0.29, 0.717) is 6.07 Å². The maximum Gasteiger partial charge on any atom is 0.416 e. The molecule has 0 aliphatic carbocycles. The second kappa shape index (κ2) is 5.82. The zero-order valence-corrected chi connectivity index (χ0v) is 11.6. The summed E-state index contributed by atoms with van der Waals surface area (Å²) < 4.78 is 65.9. The van der Waals surface area contributed by atoms with Gasteiger partial charge in [0, 0.05) is 0 Å². The van der Waals surface area contributed by atoms with Crippen molar-refractivity contribution in [3.8, 4) is 0 Å². The molecular formula is C12H13F3O4S. The first-order valence-electron chi connectivity index (χ1n) is 5.56. The van der Waals surface area contributed by atoms with E-state index in [9.17, 15) is 26.4 Å². The van der Waals surface area contributed by atoms with Gasteiger partial charge in [-0.15, -0.1) is 0 Å². The van der Waals surface area contributed by atoms with Crippen molar-refractivity contribution >= 4 is 15.8 Å². The molecule has 0 saturated carbocycles. The lowest BCUT2D eigenvalue weighted by Crippen LogP contribution is -2.22. The first-order chi connectivity index (χ1) is 9.08. The fourth-order valence-corrected chi connectivity index (χ4v) is 3.14. The van der Waals surface area contributed by atoms with Gasteiger partial charge in [0.05, 0.1) is 29.2 Å². The monoisotopic (exact) mass is 310 g/mol. The molecular weight excluding hydrogens is 297 g/mol. The van der Waals surface area contributed by atoms with Gasteiger partial charge in [-0.3, -0.25) is 4.79 Å². The van der Waals surface area contributed by atoms with Crippen LogP contribution < -0.4 is 0 Å². The van der Waals surface area contributed by atoms with Crippen molar-refractivity contribution in [1.82, 2.24) is 0 Å². The number of benzene rings is 1. The van der Waals surface area contributed by atoms with Crippen molar-refractivity contribution in [3.05, 3.63) is 29.8 Å². The maximum absolute atomic E-state index is 12.5. The van der Waals surface area contributed by atoms with Crippen LogP contribution in [-0.4, -0.2) is 27.2 Å². The number of carbonyl (C=O) groups is 1.